The van der Waals surface area contributed by atoms with Crippen LogP contribution in [-0.4, -0.2) is 40.1 Å². The molecule has 1 rings (SSSR count). The summed E-state index contributed by atoms with van der Waals surface area (Å²) in [6, 6.07) is 8.29. The second-order valence-electron chi connectivity index (χ2n) is 4.38. The molecule has 0 aromatic heterocycles. The van der Waals surface area contributed by atoms with Crippen molar-refractivity contribution >= 4 is 0 Å². The van der Waals surface area contributed by atoms with Gasteiger partial charge in [-0.05, 0) is 17.5 Å². The van der Waals surface area contributed by atoms with Crippen LogP contribution in [0, 0.1) is 0 Å². The molecule has 0 saturated carbocycles. The van der Waals surface area contributed by atoms with Gasteiger partial charge < -0.3 is 19.9 Å². The molecule has 4 heteroatoms. The number of nitrogens with two attached hydrogens (primary N) is 1. The zero-order valence-corrected chi connectivity index (χ0v) is 11.9. The minimum absolute atomic E-state index is 0.0788. The van der Waals surface area contributed by atoms with E-state index in [4.69, 9.17) is 19.9 Å². The van der Waals surface area contributed by atoms with Gasteiger partial charge in [0.1, 0.15) is 0 Å². The van der Waals surface area contributed by atoms with Crippen LogP contribution >= 0.6 is 0 Å². The van der Waals surface area contributed by atoms with Crippen molar-refractivity contribution in [3.8, 4) is 0 Å². The number of benzene rings is 1. The van der Waals surface area contributed by atoms with Crippen LogP contribution in [-0.2, 0) is 20.6 Å². The average molecular weight is 267 g/mol. The smallest absolute Gasteiger partial charge is 0.0701 e. The molecule has 2 N–H and O–H groups in total. The maximum absolute atomic E-state index is 6.06. The third-order valence-electron chi connectivity index (χ3n) is 2.92. The van der Waals surface area contributed by atoms with E-state index in [1.807, 2.05) is 0 Å². The lowest BCUT2D eigenvalue weighted by atomic mass is 10.1. The van der Waals surface area contributed by atoms with E-state index >= 15 is 0 Å². The molecular formula is C15H25NO3. The summed E-state index contributed by atoms with van der Waals surface area (Å²) in [6.45, 7) is 5.00. The first-order chi connectivity index (χ1) is 9.27. The first-order valence-corrected chi connectivity index (χ1v) is 6.76. The normalized spacial score (nSPS) is 12.6. The van der Waals surface area contributed by atoms with Crippen LogP contribution in [0.1, 0.15) is 24.1 Å². The molecule has 1 unspecified atom stereocenters. The van der Waals surface area contributed by atoms with Gasteiger partial charge in [0.2, 0.25) is 0 Å². The molecule has 19 heavy (non-hydrogen) atoms. The van der Waals surface area contributed by atoms with Crippen molar-refractivity contribution in [2.75, 3.05) is 40.1 Å². The Bertz CT molecular complexity index is 327. The Kier molecular flexibility index (Phi) is 8.41. The first-order valence-electron chi connectivity index (χ1n) is 6.76. The minimum atomic E-state index is -0.0788. The van der Waals surface area contributed by atoms with Gasteiger partial charge >= 0.3 is 0 Å². The molecule has 0 aliphatic heterocycles. The Morgan fingerprint density at radius 2 is 1.63 bits per heavy atom. The zero-order valence-electron chi connectivity index (χ0n) is 11.9. The standard InChI is InChI=1S/C15H25NO3/c1-3-13-4-6-14(7-5-13)15(16)12-19-11-10-18-9-8-17-2/h4-7,15H,3,8-12,16H2,1-2H3. The molecular weight excluding hydrogens is 242 g/mol. The van der Waals surface area contributed by atoms with Gasteiger partial charge in [-0.1, -0.05) is 31.2 Å². The topological polar surface area (TPSA) is 53.7 Å². The molecule has 1 aromatic carbocycles. The third-order valence-corrected chi connectivity index (χ3v) is 2.92. The van der Waals surface area contributed by atoms with Gasteiger partial charge in [-0.2, -0.15) is 0 Å². The largest absolute Gasteiger partial charge is 0.382 e. The molecule has 0 aliphatic rings. The summed E-state index contributed by atoms with van der Waals surface area (Å²) in [5.74, 6) is 0. The molecule has 0 aliphatic carbocycles. The maximum Gasteiger partial charge on any atom is 0.0701 e. The molecule has 0 radical (unpaired) electrons. The van der Waals surface area contributed by atoms with Gasteiger partial charge in [-0.25, -0.2) is 0 Å². The lowest BCUT2D eigenvalue weighted by Gasteiger charge is -2.13. The lowest BCUT2D eigenvalue weighted by Crippen LogP contribution is -2.19. The summed E-state index contributed by atoms with van der Waals surface area (Å²) in [7, 11) is 1.66. The molecule has 4 nitrogen and oxygen atoms in total. The van der Waals surface area contributed by atoms with Gasteiger partial charge in [-0.3, -0.25) is 0 Å². The van der Waals surface area contributed by atoms with Crippen LogP contribution in [0.25, 0.3) is 0 Å². The quantitative estimate of drug-likeness (QED) is 0.658. The summed E-state index contributed by atoms with van der Waals surface area (Å²) in [5, 5.41) is 0. The summed E-state index contributed by atoms with van der Waals surface area (Å²) in [4.78, 5) is 0. The highest BCUT2D eigenvalue weighted by Crippen LogP contribution is 2.12. The minimum Gasteiger partial charge on any atom is -0.382 e. The number of methoxy groups -OCH3 is 1. The lowest BCUT2D eigenvalue weighted by molar-refractivity contribution is 0.0216. The van der Waals surface area contributed by atoms with Crippen molar-refractivity contribution in [1.29, 1.82) is 0 Å². The number of ether oxygens (including phenoxy) is 3. The van der Waals surface area contributed by atoms with E-state index in [0.29, 0.717) is 33.0 Å². The number of hydrogen-bond donors (Lipinski definition) is 1. The summed E-state index contributed by atoms with van der Waals surface area (Å²) in [6.07, 6.45) is 1.05. The van der Waals surface area contributed by atoms with Crippen molar-refractivity contribution in [2.45, 2.75) is 19.4 Å². The molecule has 108 valence electrons. The van der Waals surface area contributed by atoms with Crippen molar-refractivity contribution in [3.05, 3.63) is 35.4 Å². The Labute approximate surface area is 115 Å². The van der Waals surface area contributed by atoms with Crippen LogP contribution in [0.5, 0.6) is 0 Å². The van der Waals surface area contributed by atoms with E-state index < -0.39 is 0 Å². The molecule has 1 aromatic rings. The van der Waals surface area contributed by atoms with E-state index in [2.05, 4.69) is 31.2 Å². The molecule has 0 saturated heterocycles. The predicted molar refractivity (Wildman–Crippen MR) is 76.3 cm³/mol. The Morgan fingerprint density at radius 1 is 1.00 bits per heavy atom. The van der Waals surface area contributed by atoms with Crippen LogP contribution in [0.2, 0.25) is 0 Å². The van der Waals surface area contributed by atoms with E-state index in [1.165, 1.54) is 5.56 Å². The number of rotatable bonds is 10. The summed E-state index contributed by atoms with van der Waals surface area (Å²) < 4.78 is 15.7. The molecule has 1 atom stereocenters. The second kappa shape index (κ2) is 9.92. The fraction of sp³-hybridized carbons (Fsp3) is 0.600. The van der Waals surface area contributed by atoms with Gasteiger partial charge in [0.15, 0.2) is 0 Å². The van der Waals surface area contributed by atoms with Crippen molar-refractivity contribution in [1.82, 2.24) is 0 Å². The van der Waals surface area contributed by atoms with Crippen LogP contribution in [0.15, 0.2) is 24.3 Å². The highest BCUT2D eigenvalue weighted by molar-refractivity contribution is 5.24. The maximum atomic E-state index is 6.06. The predicted octanol–water partition coefficient (Wildman–Crippen LogP) is 1.93. The fourth-order valence-electron chi connectivity index (χ4n) is 1.67. The Balaban J connectivity index is 2.14. The number of aryl methyl sites for hydroxylation is 1. The monoisotopic (exact) mass is 267 g/mol. The van der Waals surface area contributed by atoms with Gasteiger partial charge in [0.05, 0.1) is 39.1 Å². The SMILES string of the molecule is CCc1ccc(C(N)COCCOCCOC)cc1. The van der Waals surface area contributed by atoms with Crippen LogP contribution < -0.4 is 5.73 Å². The third kappa shape index (κ3) is 6.68. The van der Waals surface area contributed by atoms with Crippen molar-refractivity contribution in [2.24, 2.45) is 5.73 Å². The van der Waals surface area contributed by atoms with E-state index in [0.717, 1.165) is 12.0 Å². The fourth-order valence-corrected chi connectivity index (χ4v) is 1.67. The zero-order chi connectivity index (χ0) is 13.9. The second-order valence-corrected chi connectivity index (χ2v) is 4.38. The number of hydrogen-bond acceptors (Lipinski definition) is 4. The van der Waals surface area contributed by atoms with E-state index in [9.17, 15) is 0 Å². The van der Waals surface area contributed by atoms with E-state index in [1.54, 1.807) is 7.11 Å². The van der Waals surface area contributed by atoms with Gasteiger partial charge in [-0.15, -0.1) is 0 Å². The van der Waals surface area contributed by atoms with Crippen molar-refractivity contribution in [3.63, 3.8) is 0 Å². The van der Waals surface area contributed by atoms with Crippen LogP contribution in [0.3, 0.4) is 0 Å². The molecule has 0 amide bonds. The molecule has 0 fully saturated rings. The first kappa shape index (κ1) is 16.1. The molecule has 0 heterocycles. The Hall–Kier alpha value is -0.940. The molecule has 0 bridgehead atoms. The average Bonchev–Trinajstić information content (AvgIpc) is 2.46. The van der Waals surface area contributed by atoms with Crippen molar-refractivity contribution < 1.29 is 14.2 Å². The summed E-state index contributed by atoms with van der Waals surface area (Å²) >= 11 is 0. The highest BCUT2D eigenvalue weighted by atomic mass is 16.5. The van der Waals surface area contributed by atoms with Gasteiger partial charge in [0.25, 0.3) is 0 Å². The molecule has 0 spiro atoms. The highest BCUT2D eigenvalue weighted by Gasteiger charge is 2.05. The van der Waals surface area contributed by atoms with Gasteiger partial charge in [0, 0.05) is 7.11 Å². The Morgan fingerprint density at radius 3 is 2.26 bits per heavy atom. The summed E-state index contributed by atoms with van der Waals surface area (Å²) in [5.41, 5.74) is 8.49. The van der Waals surface area contributed by atoms with E-state index in [-0.39, 0.29) is 6.04 Å². The van der Waals surface area contributed by atoms with Crippen LogP contribution in [0.4, 0.5) is 0 Å².